The Labute approximate surface area is 261 Å². The van der Waals surface area contributed by atoms with Gasteiger partial charge < -0.3 is 19.7 Å². The number of amides is 2. The van der Waals surface area contributed by atoms with Crippen LogP contribution in [-0.2, 0) is 32.6 Å². The molecule has 11 heteroatoms. The van der Waals surface area contributed by atoms with Gasteiger partial charge in [-0.05, 0) is 48.2 Å². The first-order valence-electron chi connectivity index (χ1n) is 14.4. The molecule has 0 saturated heterocycles. The predicted molar refractivity (Wildman–Crippen MR) is 168 cm³/mol. The van der Waals surface area contributed by atoms with E-state index < -0.39 is 28.5 Å². The number of halogens is 1. The number of hydrogen-bond donors (Lipinski definition) is 1. The molecule has 1 N–H and O–H groups in total. The Balaban J connectivity index is 1.49. The SMILES string of the molecule is CS(=O)(=O)N(CC(=O)N(Cc1ccc(Br)cc1)[C@H](Cc1ccccc1)C(=O)NC1CCCCC1)c1ccc2c(c1)OCO2. The van der Waals surface area contributed by atoms with Crippen LogP contribution in [0.3, 0.4) is 0 Å². The Morgan fingerprint density at radius 1 is 0.930 bits per heavy atom. The fraction of sp³-hybridized carbons (Fsp3) is 0.375. The minimum atomic E-state index is -3.89. The van der Waals surface area contributed by atoms with Crippen molar-refractivity contribution in [3.8, 4) is 11.5 Å². The van der Waals surface area contributed by atoms with Crippen LogP contribution in [0.2, 0.25) is 0 Å². The van der Waals surface area contributed by atoms with Crippen molar-refractivity contribution in [3.05, 3.63) is 88.4 Å². The van der Waals surface area contributed by atoms with Crippen LogP contribution in [0.25, 0.3) is 0 Å². The van der Waals surface area contributed by atoms with Gasteiger partial charge in [-0.25, -0.2) is 8.42 Å². The first-order valence-corrected chi connectivity index (χ1v) is 17.1. The number of ether oxygens (including phenoxy) is 2. The molecule has 5 rings (SSSR count). The van der Waals surface area contributed by atoms with E-state index in [0.717, 1.165) is 58.3 Å². The second kappa shape index (κ2) is 13.8. The first kappa shape index (κ1) is 30.9. The van der Waals surface area contributed by atoms with Crippen LogP contribution in [0.15, 0.2) is 77.3 Å². The highest BCUT2D eigenvalue weighted by atomic mass is 79.9. The first-order chi connectivity index (χ1) is 20.7. The second-order valence-corrected chi connectivity index (χ2v) is 13.8. The van der Waals surface area contributed by atoms with Gasteiger partial charge in [-0.2, -0.15) is 0 Å². The van der Waals surface area contributed by atoms with Gasteiger partial charge in [-0.15, -0.1) is 0 Å². The minimum Gasteiger partial charge on any atom is -0.454 e. The van der Waals surface area contributed by atoms with Crippen molar-refractivity contribution in [1.82, 2.24) is 10.2 Å². The third-order valence-electron chi connectivity index (χ3n) is 7.81. The highest BCUT2D eigenvalue weighted by molar-refractivity contribution is 9.10. The van der Waals surface area contributed by atoms with E-state index in [1.54, 1.807) is 18.2 Å². The summed E-state index contributed by atoms with van der Waals surface area (Å²) in [7, 11) is -3.89. The van der Waals surface area contributed by atoms with Gasteiger partial charge in [0.15, 0.2) is 11.5 Å². The Morgan fingerprint density at radius 3 is 2.33 bits per heavy atom. The molecule has 9 nitrogen and oxygen atoms in total. The number of rotatable bonds is 11. The Bertz CT molecular complexity index is 1530. The molecule has 2 amide bonds. The topological polar surface area (TPSA) is 105 Å². The molecule has 43 heavy (non-hydrogen) atoms. The van der Waals surface area contributed by atoms with Crippen molar-refractivity contribution in [2.45, 2.75) is 57.2 Å². The maximum Gasteiger partial charge on any atom is 0.244 e. The lowest BCUT2D eigenvalue weighted by molar-refractivity contribution is -0.140. The smallest absolute Gasteiger partial charge is 0.244 e. The number of benzene rings is 3. The van der Waals surface area contributed by atoms with Gasteiger partial charge in [0.2, 0.25) is 28.6 Å². The van der Waals surface area contributed by atoms with Crippen molar-refractivity contribution in [2.24, 2.45) is 0 Å². The summed E-state index contributed by atoms with van der Waals surface area (Å²) in [6.07, 6.45) is 6.39. The highest BCUT2D eigenvalue weighted by Gasteiger charge is 2.34. The van der Waals surface area contributed by atoms with Crippen molar-refractivity contribution >= 4 is 43.5 Å². The molecule has 1 fully saturated rings. The third kappa shape index (κ3) is 8.08. The van der Waals surface area contributed by atoms with E-state index in [-0.39, 0.29) is 37.4 Å². The molecule has 1 atom stereocenters. The average molecular weight is 671 g/mol. The monoisotopic (exact) mass is 669 g/mol. The summed E-state index contributed by atoms with van der Waals surface area (Å²) in [5.41, 5.74) is 1.99. The fourth-order valence-electron chi connectivity index (χ4n) is 5.54. The normalized spacial score (nSPS) is 15.5. The number of nitrogens with one attached hydrogen (secondary N) is 1. The highest BCUT2D eigenvalue weighted by Crippen LogP contribution is 2.36. The van der Waals surface area contributed by atoms with Crippen molar-refractivity contribution in [2.75, 3.05) is 23.9 Å². The lowest BCUT2D eigenvalue weighted by Crippen LogP contribution is -2.55. The zero-order valence-electron chi connectivity index (χ0n) is 24.1. The Kier molecular flexibility index (Phi) is 9.92. The standard InChI is InChI=1S/C32H36BrN3O6S/c1-43(39,40)36(27-16-17-29-30(19-27)42-22-41-29)21-31(37)35(20-24-12-14-25(33)15-13-24)28(18-23-8-4-2-5-9-23)32(38)34-26-10-6-3-7-11-26/h2,4-5,8-9,12-17,19,26,28H,3,6-7,10-11,18,20-22H2,1H3,(H,34,38)/t28-/m1/s1. The maximum atomic E-state index is 14.3. The van der Waals surface area contributed by atoms with Crippen molar-refractivity contribution in [3.63, 3.8) is 0 Å². The van der Waals surface area contributed by atoms with E-state index in [4.69, 9.17) is 9.47 Å². The van der Waals surface area contributed by atoms with Crippen LogP contribution < -0.4 is 19.1 Å². The lowest BCUT2D eigenvalue weighted by Gasteiger charge is -2.35. The Morgan fingerprint density at radius 2 is 1.63 bits per heavy atom. The molecule has 2 aliphatic rings. The van der Waals surface area contributed by atoms with Crippen LogP contribution in [0.5, 0.6) is 11.5 Å². The lowest BCUT2D eigenvalue weighted by atomic mass is 9.94. The third-order valence-corrected chi connectivity index (χ3v) is 9.48. The van der Waals surface area contributed by atoms with E-state index in [2.05, 4.69) is 21.2 Å². The molecule has 0 aromatic heterocycles. The van der Waals surface area contributed by atoms with Gasteiger partial charge in [0.1, 0.15) is 12.6 Å². The molecule has 3 aromatic rings. The summed E-state index contributed by atoms with van der Waals surface area (Å²) < 4.78 is 38.8. The summed E-state index contributed by atoms with van der Waals surface area (Å²) >= 11 is 3.46. The number of hydrogen-bond acceptors (Lipinski definition) is 6. The maximum absolute atomic E-state index is 14.3. The van der Waals surface area contributed by atoms with Crippen LogP contribution in [0.1, 0.15) is 43.2 Å². The second-order valence-electron chi connectivity index (χ2n) is 11.0. The number of fused-ring (bicyclic) bond motifs is 1. The van der Waals surface area contributed by atoms with Crippen molar-refractivity contribution in [1.29, 1.82) is 0 Å². The van der Waals surface area contributed by atoms with Gasteiger partial charge in [0, 0.05) is 29.5 Å². The summed E-state index contributed by atoms with van der Waals surface area (Å²) in [4.78, 5) is 29.8. The summed E-state index contributed by atoms with van der Waals surface area (Å²) in [5, 5.41) is 3.21. The summed E-state index contributed by atoms with van der Waals surface area (Å²) in [5.74, 6) is 0.169. The number of carbonyl (C=O) groups is 2. The van der Waals surface area contributed by atoms with E-state index in [9.17, 15) is 18.0 Å². The van der Waals surface area contributed by atoms with E-state index in [1.807, 2.05) is 54.6 Å². The minimum absolute atomic E-state index is 0.0365. The van der Waals surface area contributed by atoms with Gasteiger partial charge in [0.25, 0.3) is 0 Å². The van der Waals surface area contributed by atoms with Crippen LogP contribution in [0.4, 0.5) is 5.69 Å². The molecule has 0 unspecified atom stereocenters. The van der Waals surface area contributed by atoms with Gasteiger partial charge in [0.05, 0.1) is 11.9 Å². The average Bonchev–Trinajstić information content (AvgIpc) is 3.47. The van der Waals surface area contributed by atoms with Gasteiger partial charge >= 0.3 is 0 Å². The van der Waals surface area contributed by atoms with Gasteiger partial charge in [-0.1, -0.05) is 77.7 Å². The molecule has 228 valence electrons. The predicted octanol–water partition coefficient (Wildman–Crippen LogP) is 5.03. The quantitative estimate of drug-likeness (QED) is 0.307. The number of nitrogens with zero attached hydrogens (tertiary/aromatic N) is 2. The van der Waals surface area contributed by atoms with Crippen LogP contribution in [-0.4, -0.2) is 56.8 Å². The molecular weight excluding hydrogens is 634 g/mol. The zero-order chi connectivity index (χ0) is 30.4. The number of sulfonamides is 1. The molecule has 0 bridgehead atoms. The zero-order valence-corrected chi connectivity index (χ0v) is 26.5. The Hall–Kier alpha value is -3.57. The molecule has 1 aliphatic carbocycles. The van der Waals surface area contributed by atoms with Crippen LogP contribution >= 0.6 is 15.9 Å². The number of carbonyl (C=O) groups excluding carboxylic acids is 2. The largest absolute Gasteiger partial charge is 0.454 e. The molecule has 1 heterocycles. The molecular formula is C32H36BrN3O6S. The van der Waals surface area contributed by atoms with E-state index in [1.165, 1.54) is 4.90 Å². The molecule has 1 saturated carbocycles. The molecule has 0 spiro atoms. The molecule has 1 aliphatic heterocycles. The van der Waals surface area contributed by atoms with Crippen molar-refractivity contribution < 1.29 is 27.5 Å². The summed E-state index contributed by atoms with van der Waals surface area (Å²) in [6, 6.07) is 21.0. The fourth-order valence-corrected chi connectivity index (χ4v) is 6.64. The molecule has 0 radical (unpaired) electrons. The number of anilines is 1. The van der Waals surface area contributed by atoms with E-state index in [0.29, 0.717) is 11.5 Å². The molecule has 3 aromatic carbocycles. The summed E-state index contributed by atoms with van der Waals surface area (Å²) in [6.45, 7) is -0.327. The van der Waals surface area contributed by atoms with E-state index >= 15 is 0 Å². The van der Waals surface area contributed by atoms with Gasteiger partial charge in [-0.3, -0.25) is 13.9 Å². The van der Waals surface area contributed by atoms with Crippen LogP contribution in [0, 0.1) is 0 Å².